The van der Waals surface area contributed by atoms with E-state index in [1.807, 2.05) is 73.8 Å². The van der Waals surface area contributed by atoms with E-state index in [9.17, 15) is 5.11 Å². The summed E-state index contributed by atoms with van der Waals surface area (Å²) in [6.07, 6.45) is 3.54. The van der Waals surface area contributed by atoms with Gasteiger partial charge in [0.1, 0.15) is 24.3 Å². The third-order valence-corrected chi connectivity index (χ3v) is 5.25. The van der Waals surface area contributed by atoms with Crippen LogP contribution in [-0.4, -0.2) is 33.4 Å². The van der Waals surface area contributed by atoms with Crippen LogP contribution >= 0.6 is 0 Å². The van der Waals surface area contributed by atoms with Crippen molar-refractivity contribution in [3.8, 4) is 17.4 Å². The summed E-state index contributed by atoms with van der Waals surface area (Å²) < 4.78 is 11.7. The minimum absolute atomic E-state index is 0.157. The number of hydrogen-bond donors (Lipinski definition) is 3. The lowest BCUT2D eigenvalue weighted by atomic mass is 9.94. The second kappa shape index (κ2) is 9.42. The smallest absolute Gasteiger partial charge is 0.222 e. The fraction of sp³-hybridized carbons (Fsp3) is 0.269. The number of ether oxygens (including phenoxy) is 2. The van der Waals surface area contributed by atoms with Gasteiger partial charge in [0.05, 0.1) is 0 Å². The Bertz CT molecular complexity index is 1170. The second-order valence-electron chi connectivity index (χ2n) is 8.60. The number of aliphatic hydroxyl groups excluding tert-OH is 1. The van der Waals surface area contributed by atoms with Gasteiger partial charge < -0.3 is 19.6 Å². The molecule has 32 heavy (non-hydrogen) atoms. The van der Waals surface area contributed by atoms with E-state index in [2.05, 4.69) is 29.1 Å². The Kier molecular flexibility index (Phi) is 6.44. The van der Waals surface area contributed by atoms with Crippen molar-refractivity contribution in [3.63, 3.8) is 0 Å². The molecule has 2 heterocycles. The molecule has 0 fully saturated rings. The van der Waals surface area contributed by atoms with Crippen molar-refractivity contribution in [3.05, 3.63) is 84.2 Å². The maximum atomic E-state index is 10.5. The van der Waals surface area contributed by atoms with Crippen molar-refractivity contribution in [2.24, 2.45) is 0 Å². The van der Waals surface area contributed by atoms with Gasteiger partial charge in [-0.05, 0) is 69.2 Å². The summed E-state index contributed by atoms with van der Waals surface area (Å²) >= 11 is 0. The molecule has 166 valence electrons. The Hall–Kier alpha value is -3.35. The van der Waals surface area contributed by atoms with Crippen LogP contribution in [0, 0.1) is 6.92 Å². The lowest BCUT2D eigenvalue weighted by molar-refractivity contribution is 0.0542. The number of fused-ring (bicyclic) bond motifs is 1. The van der Waals surface area contributed by atoms with Gasteiger partial charge in [-0.1, -0.05) is 24.3 Å². The Morgan fingerprint density at radius 3 is 2.66 bits per heavy atom. The van der Waals surface area contributed by atoms with Gasteiger partial charge in [0.25, 0.3) is 0 Å². The van der Waals surface area contributed by atoms with Gasteiger partial charge in [0.15, 0.2) is 0 Å². The molecule has 0 saturated carbocycles. The molecule has 6 nitrogen and oxygen atoms in total. The summed E-state index contributed by atoms with van der Waals surface area (Å²) in [6.45, 7) is 6.25. The molecular formula is C26H29N3O3. The lowest BCUT2D eigenvalue weighted by Gasteiger charge is -2.29. The third kappa shape index (κ3) is 5.46. The van der Waals surface area contributed by atoms with Gasteiger partial charge in [-0.2, -0.15) is 0 Å². The number of rotatable bonds is 9. The molecule has 0 aliphatic carbocycles. The summed E-state index contributed by atoms with van der Waals surface area (Å²) in [7, 11) is 0. The number of aromatic nitrogens is 2. The topological polar surface area (TPSA) is 79.4 Å². The average Bonchev–Trinajstić information content (AvgIpc) is 3.24. The molecule has 1 atom stereocenters. The number of H-pyrrole nitrogens is 1. The minimum Gasteiger partial charge on any atom is -0.489 e. The predicted molar refractivity (Wildman–Crippen MR) is 126 cm³/mol. The highest BCUT2D eigenvalue weighted by Gasteiger charge is 2.22. The fourth-order valence-corrected chi connectivity index (χ4v) is 3.77. The van der Waals surface area contributed by atoms with Crippen LogP contribution < -0.4 is 14.8 Å². The molecule has 0 saturated heterocycles. The van der Waals surface area contributed by atoms with E-state index in [0.29, 0.717) is 5.88 Å². The molecule has 4 aromatic rings. The fourth-order valence-electron chi connectivity index (χ4n) is 3.77. The number of benzene rings is 2. The zero-order chi connectivity index (χ0) is 22.6. The van der Waals surface area contributed by atoms with E-state index in [0.717, 1.165) is 39.9 Å². The third-order valence-electron chi connectivity index (χ3n) is 5.25. The van der Waals surface area contributed by atoms with E-state index >= 15 is 0 Å². The number of pyridine rings is 1. The standard InChI is InChI=1S/C26H29N3O3/c1-18-6-5-14-28-25(18)32-20-11-9-19(10-12-20)16-26(2,3)29-24(30)17-31-23-8-4-7-22-21(23)13-15-27-22/h4-15,24,27,29-30H,16-17H2,1-3H3. The highest BCUT2D eigenvalue weighted by atomic mass is 16.5. The normalized spacial score (nSPS) is 12.6. The number of aliphatic hydroxyl groups is 1. The van der Waals surface area contributed by atoms with Crippen LogP contribution in [0.4, 0.5) is 0 Å². The van der Waals surface area contributed by atoms with Crippen LogP contribution in [0.3, 0.4) is 0 Å². The summed E-state index contributed by atoms with van der Waals surface area (Å²) in [5, 5.41) is 14.8. The van der Waals surface area contributed by atoms with Crippen LogP contribution in [0.1, 0.15) is 25.0 Å². The zero-order valence-electron chi connectivity index (χ0n) is 18.6. The number of aromatic amines is 1. The quantitative estimate of drug-likeness (QED) is 0.326. The summed E-state index contributed by atoms with van der Waals surface area (Å²) in [4.78, 5) is 7.43. The van der Waals surface area contributed by atoms with Crippen LogP contribution in [0.25, 0.3) is 10.9 Å². The Morgan fingerprint density at radius 2 is 1.88 bits per heavy atom. The zero-order valence-corrected chi connectivity index (χ0v) is 18.6. The lowest BCUT2D eigenvalue weighted by Crippen LogP contribution is -2.49. The van der Waals surface area contributed by atoms with Crippen molar-refractivity contribution < 1.29 is 14.6 Å². The first kappa shape index (κ1) is 21.9. The first-order chi connectivity index (χ1) is 15.4. The van der Waals surface area contributed by atoms with Crippen molar-refractivity contribution >= 4 is 10.9 Å². The maximum absolute atomic E-state index is 10.5. The van der Waals surface area contributed by atoms with Gasteiger partial charge in [-0.15, -0.1) is 0 Å². The van der Waals surface area contributed by atoms with Gasteiger partial charge in [-0.25, -0.2) is 4.98 Å². The highest BCUT2D eigenvalue weighted by Crippen LogP contribution is 2.25. The van der Waals surface area contributed by atoms with Crippen molar-refractivity contribution in [1.29, 1.82) is 0 Å². The minimum atomic E-state index is -0.797. The Morgan fingerprint density at radius 1 is 1.06 bits per heavy atom. The summed E-state index contributed by atoms with van der Waals surface area (Å²) in [5.41, 5.74) is 2.81. The maximum Gasteiger partial charge on any atom is 0.222 e. The summed E-state index contributed by atoms with van der Waals surface area (Å²) in [6, 6.07) is 19.6. The van der Waals surface area contributed by atoms with Crippen LogP contribution in [0.5, 0.6) is 17.4 Å². The predicted octanol–water partition coefficient (Wildman–Crippen LogP) is 4.97. The van der Waals surface area contributed by atoms with Gasteiger partial charge in [0, 0.05) is 34.4 Å². The molecule has 6 heteroatoms. The molecule has 2 aromatic heterocycles. The largest absolute Gasteiger partial charge is 0.489 e. The van der Waals surface area contributed by atoms with Crippen LogP contribution in [0.2, 0.25) is 0 Å². The summed E-state index contributed by atoms with van der Waals surface area (Å²) in [5.74, 6) is 2.11. The molecule has 0 aliphatic rings. The number of hydrogen-bond acceptors (Lipinski definition) is 5. The van der Waals surface area contributed by atoms with E-state index in [-0.39, 0.29) is 12.1 Å². The molecule has 2 aromatic carbocycles. The van der Waals surface area contributed by atoms with E-state index in [4.69, 9.17) is 9.47 Å². The number of nitrogens with one attached hydrogen (secondary N) is 2. The monoisotopic (exact) mass is 431 g/mol. The molecule has 0 bridgehead atoms. The van der Waals surface area contributed by atoms with Crippen LogP contribution in [-0.2, 0) is 6.42 Å². The molecule has 4 rings (SSSR count). The van der Waals surface area contributed by atoms with Crippen molar-refractivity contribution in [2.45, 2.75) is 39.0 Å². The Labute approximate surface area is 188 Å². The second-order valence-corrected chi connectivity index (χ2v) is 8.60. The molecular weight excluding hydrogens is 402 g/mol. The van der Waals surface area contributed by atoms with E-state index in [1.165, 1.54) is 0 Å². The van der Waals surface area contributed by atoms with Gasteiger partial charge in [-0.3, -0.25) is 5.32 Å². The number of nitrogens with zero attached hydrogens (tertiary/aromatic N) is 1. The average molecular weight is 432 g/mol. The van der Waals surface area contributed by atoms with E-state index < -0.39 is 6.23 Å². The molecule has 0 radical (unpaired) electrons. The van der Waals surface area contributed by atoms with Gasteiger partial charge in [0.2, 0.25) is 5.88 Å². The SMILES string of the molecule is Cc1cccnc1Oc1ccc(CC(C)(C)NC(O)COc2cccc3[nH]ccc23)cc1. The molecule has 3 N–H and O–H groups in total. The van der Waals surface area contributed by atoms with E-state index in [1.54, 1.807) is 6.20 Å². The highest BCUT2D eigenvalue weighted by molar-refractivity contribution is 5.85. The van der Waals surface area contributed by atoms with Crippen molar-refractivity contribution in [1.82, 2.24) is 15.3 Å². The first-order valence-corrected chi connectivity index (χ1v) is 10.7. The molecule has 1 unspecified atom stereocenters. The van der Waals surface area contributed by atoms with Crippen LogP contribution in [0.15, 0.2) is 73.1 Å². The van der Waals surface area contributed by atoms with Crippen molar-refractivity contribution in [2.75, 3.05) is 6.61 Å². The Balaban J connectivity index is 1.31. The number of aryl methyl sites for hydroxylation is 1. The molecule has 0 aliphatic heterocycles. The first-order valence-electron chi connectivity index (χ1n) is 10.7. The van der Waals surface area contributed by atoms with Gasteiger partial charge >= 0.3 is 0 Å². The molecule has 0 amide bonds. The molecule has 0 spiro atoms.